The van der Waals surface area contributed by atoms with Crippen LogP contribution in [0, 0.1) is 20.8 Å². The minimum absolute atomic E-state index is 0. The summed E-state index contributed by atoms with van der Waals surface area (Å²) in [4.78, 5) is 36.3. The molecule has 10 heteroatoms. The summed E-state index contributed by atoms with van der Waals surface area (Å²) in [5.41, 5.74) is 3.78. The Kier molecular flexibility index (Phi) is 11.8. The first kappa shape index (κ1) is 31.0. The number of aromatic nitrogens is 1. The molecule has 8 nitrogen and oxygen atoms in total. The molecule has 0 aliphatic carbocycles. The van der Waals surface area contributed by atoms with Gasteiger partial charge in [0.15, 0.2) is 0 Å². The van der Waals surface area contributed by atoms with Crippen molar-refractivity contribution in [1.29, 1.82) is 0 Å². The predicted molar refractivity (Wildman–Crippen MR) is 122 cm³/mol. The number of carbonyl (C=O) groups is 2. The van der Waals surface area contributed by atoms with Crippen molar-refractivity contribution in [2.75, 3.05) is 5.32 Å². The van der Waals surface area contributed by atoms with Crippen LogP contribution in [0.5, 0.6) is 5.75 Å². The zero-order valence-corrected chi connectivity index (χ0v) is 24.9. The second-order valence-corrected chi connectivity index (χ2v) is 8.10. The molecule has 0 spiro atoms. The van der Waals surface area contributed by atoms with Crippen molar-refractivity contribution < 1.29 is 78.9 Å². The maximum Gasteiger partial charge on any atom is 1.00 e. The first-order chi connectivity index (χ1) is 15.6. The van der Waals surface area contributed by atoms with E-state index < -0.39 is 41.5 Å². The van der Waals surface area contributed by atoms with Crippen molar-refractivity contribution in [2.45, 2.75) is 33.2 Å². The molecule has 0 saturated heterocycles. The summed E-state index contributed by atoms with van der Waals surface area (Å²) in [5.74, 6) is -1.95. The monoisotopic (exact) mass is 493 g/mol. The van der Waals surface area contributed by atoms with Crippen LogP contribution in [-0.4, -0.2) is 16.6 Å². The van der Waals surface area contributed by atoms with Crippen LogP contribution in [0.2, 0.25) is 0 Å². The van der Waals surface area contributed by atoms with Crippen LogP contribution in [0.25, 0.3) is 11.1 Å². The molecule has 0 unspecified atom stereocenters. The molecule has 2 amide bonds. The maximum atomic E-state index is 12.6. The first-order valence-corrected chi connectivity index (χ1v) is 10.4. The summed E-state index contributed by atoms with van der Waals surface area (Å²) < 4.78 is 1.19. The van der Waals surface area contributed by atoms with Crippen LogP contribution >= 0.6 is 0 Å². The Hall–Kier alpha value is -2.07. The van der Waals surface area contributed by atoms with Crippen molar-refractivity contribution >= 4 is 17.7 Å². The molecule has 3 aromatic rings. The van der Waals surface area contributed by atoms with Gasteiger partial charge in [0.25, 0.3) is 5.56 Å². The number of amides is 2. The molecule has 0 radical (unpaired) electrons. The van der Waals surface area contributed by atoms with Gasteiger partial charge in [-0.1, -0.05) is 47.7 Å². The minimum Gasteiger partial charge on any atom is -0.871 e. The second kappa shape index (κ2) is 13.3. The van der Waals surface area contributed by atoms with E-state index in [0.29, 0.717) is 11.1 Å². The summed E-state index contributed by atoms with van der Waals surface area (Å²) in [6, 6.07) is 11.4. The average molecular weight is 493 g/mol. The summed E-state index contributed by atoms with van der Waals surface area (Å²) in [6.45, 7) is 5.49. The molecule has 2 N–H and O–H groups in total. The van der Waals surface area contributed by atoms with E-state index in [-0.39, 0.29) is 59.1 Å². The standard InChI is InChI=1S/C25H27N3O5.2Na/c1-14-8-9-15(2)19(10-14)17-6-5-7-18(11-17)20(12-21(29)30)26-25(33)27-22-23(31)16(3)13-28(4)24(22)32;;/h5-11,13,20,31H,12H2,1-4H3,(H,29,30)(H2,26,27,33);;/q;2*+1/p-2/t20-;;/m0../s1. The Morgan fingerprint density at radius 1 is 1.03 bits per heavy atom. The van der Waals surface area contributed by atoms with E-state index in [1.54, 1.807) is 18.2 Å². The van der Waals surface area contributed by atoms with E-state index in [9.17, 15) is 24.6 Å². The fourth-order valence-corrected chi connectivity index (χ4v) is 3.69. The Labute approximate surface area is 248 Å². The molecule has 0 fully saturated rings. The number of hydrogen-bond donors (Lipinski definition) is 2. The number of anilines is 1. The number of aliphatic carboxylic acids is 1. The molecule has 0 bridgehead atoms. The zero-order valence-electron chi connectivity index (χ0n) is 20.9. The summed E-state index contributed by atoms with van der Waals surface area (Å²) in [5, 5.41) is 28.5. The first-order valence-electron chi connectivity index (χ1n) is 10.4. The fraction of sp³-hybridized carbons (Fsp3) is 0.240. The van der Waals surface area contributed by atoms with Crippen molar-refractivity contribution in [3.63, 3.8) is 0 Å². The predicted octanol–water partition coefficient (Wildman–Crippen LogP) is -3.94. The quantitative estimate of drug-likeness (QED) is 0.339. The SMILES string of the molecule is Cc1ccc(C)c(-c2cccc([C@H](CC(=O)[O-])NC(=O)Nc3c([O-])c(C)cn(C)c3=O)c2)c1.[Na+].[Na+]. The summed E-state index contributed by atoms with van der Waals surface area (Å²) in [7, 11) is 1.47. The molecule has 1 heterocycles. The Bertz CT molecular complexity index is 1290. The molecule has 0 aliphatic heterocycles. The Balaban J connectivity index is 0.00000306. The molecule has 172 valence electrons. The van der Waals surface area contributed by atoms with Gasteiger partial charge in [-0.15, -0.1) is 0 Å². The van der Waals surface area contributed by atoms with Crippen molar-refractivity contribution in [2.24, 2.45) is 7.05 Å². The Morgan fingerprint density at radius 2 is 1.71 bits per heavy atom. The van der Waals surface area contributed by atoms with Crippen LogP contribution in [-0.2, 0) is 11.8 Å². The number of carbonyl (C=O) groups excluding carboxylic acids is 2. The largest absolute Gasteiger partial charge is 1.00 e. The van der Waals surface area contributed by atoms with E-state index in [1.807, 2.05) is 38.1 Å². The normalized spacial score (nSPS) is 11.0. The van der Waals surface area contributed by atoms with Gasteiger partial charge in [0, 0.05) is 25.6 Å². The van der Waals surface area contributed by atoms with Crippen molar-refractivity contribution in [1.82, 2.24) is 9.88 Å². The molecule has 1 atom stereocenters. The molecular weight excluding hydrogens is 468 g/mol. The maximum absolute atomic E-state index is 12.6. The van der Waals surface area contributed by atoms with E-state index in [1.165, 1.54) is 24.7 Å². The molecule has 0 aliphatic rings. The third kappa shape index (κ3) is 7.70. The number of benzene rings is 2. The molecular formula is C25H25N3Na2O5. The van der Waals surface area contributed by atoms with E-state index >= 15 is 0 Å². The molecule has 35 heavy (non-hydrogen) atoms. The smallest absolute Gasteiger partial charge is 0.871 e. The fourth-order valence-electron chi connectivity index (χ4n) is 3.69. The van der Waals surface area contributed by atoms with Crippen LogP contribution in [0.15, 0.2) is 53.5 Å². The van der Waals surface area contributed by atoms with Gasteiger partial charge in [-0.25, -0.2) is 4.79 Å². The van der Waals surface area contributed by atoms with Gasteiger partial charge in [0.1, 0.15) is 5.69 Å². The Morgan fingerprint density at radius 3 is 2.37 bits per heavy atom. The number of pyridine rings is 1. The number of aryl methyl sites for hydroxylation is 4. The minimum atomic E-state index is -1.35. The van der Waals surface area contributed by atoms with Gasteiger partial charge < -0.3 is 30.2 Å². The van der Waals surface area contributed by atoms with Crippen LogP contribution < -0.4 is 85.5 Å². The third-order valence-corrected chi connectivity index (χ3v) is 5.41. The third-order valence-electron chi connectivity index (χ3n) is 5.41. The van der Waals surface area contributed by atoms with Gasteiger partial charge in [-0.2, -0.15) is 0 Å². The average Bonchev–Trinajstić information content (AvgIpc) is 2.76. The summed E-state index contributed by atoms with van der Waals surface area (Å²) in [6.07, 6.45) is 0.894. The molecule has 0 saturated carbocycles. The van der Waals surface area contributed by atoms with Gasteiger partial charge in [-0.05, 0) is 54.7 Å². The zero-order chi connectivity index (χ0) is 24.3. The molecule has 3 rings (SSSR count). The molecule has 1 aromatic heterocycles. The molecule has 2 aromatic carbocycles. The number of carboxylic acid groups (broad SMARTS) is 1. The van der Waals surface area contributed by atoms with Crippen molar-refractivity contribution in [3.8, 4) is 16.9 Å². The van der Waals surface area contributed by atoms with E-state index in [2.05, 4.69) is 10.6 Å². The van der Waals surface area contributed by atoms with E-state index in [0.717, 1.165) is 22.3 Å². The van der Waals surface area contributed by atoms with Gasteiger partial charge in [-0.3, -0.25) is 4.79 Å². The number of carboxylic acids is 1. The topological polar surface area (TPSA) is 126 Å². The summed E-state index contributed by atoms with van der Waals surface area (Å²) >= 11 is 0. The number of hydrogen-bond acceptors (Lipinski definition) is 5. The van der Waals surface area contributed by atoms with Crippen LogP contribution in [0.1, 0.15) is 34.7 Å². The van der Waals surface area contributed by atoms with Gasteiger partial charge in [0.05, 0.1) is 6.04 Å². The number of nitrogens with zero attached hydrogens (tertiary/aromatic N) is 1. The number of nitrogens with one attached hydrogen (secondary N) is 2. The van der Waals surface area contributed by atoms with Gasteiger partial charge in [0.2, 0.25) is 0 Å². The van der Waals surface area contributed by atoms with E-state index in [4.69, 9.17) is 0 Å². The second-order valence-electron chi connectivity index (χ2n) is 8.10. The van der Waals surface area contributed by atoms with Crippen LogP contribution in [0.4, 0.5) is 10.5 Å². The number of urea groups is 1. The van der Waals surface area contributed by atoms with Crippen LogP contribution in [0.3, 0.4) is 0 Å². The van der Waals surface area contributed by atoms with Crippen molar-refractivity contribution in [3.05, 3.63) is 81.3 Å². The number of rotatable bonds is 6. The van der Waals surface area contributed by atoms with Gasteiger partial charge >= 0.3 is 65.1 Å².